The topological polar surface area (TPSA) is 105 Å². The predicted octanol–water partition coefficient (Wildman–Crippen LogP) is 6.15. The summed E-state index contributed by atoms with van der Waals surface area (Å²) < 4.78 is 55.9. The zero-order valence-electron chi connectivity index (χ0n) is 20.3. The maximum atomic E-state index is 14.1. The molecule has 0 aliphatic carbocycles. The Bertz CT molecular complexity index is 1530. The summed E-state index contributed by atoms with van der Waals surface area (Å²) in [5.41, 5.74) is 4.27. The maximum absolute atomic E-state index is 14.1. The summed E-state index contributed by atoms with van der Waals surface area (Å²) in [5, 5.41) is 4.05. The smallest absolute Gasteiger partial charge is 0.227 e. The standard InChI is InChI=1S/C26H26F2N4O4S/c1-14-25(15(2)36-30-14)16-3-6-22-21(11-16)29-26(32(22)18-9-10-37(34,35)13-18)23-7-8-24(33)31(23)17-4-5-19(27)20(28)12-17/h3-6,11-12,18,23,34-35H,7-10,13H2,1-2H3. The molecule has 2 aromatic carbocycles. The zero-order chi connectivity index (χ0) is 26.1. The van der Waals surface area contributed by atoms with Crippen molar-refractivity contribution in [2.75, 3.05) is 16.4 Å². The second-order valence-electron chi connectivity index (χ2n) is 9.77. The molecule has 2 aliphatic heterocycles. The third-order valence-corrected chi connectivity index (χ3v) is 9.14. The molecule has 37 heavy (non-hydrogen) atoms. The molecule has 2 aliphatic rings. The van der Waals surface area contributed by atoms with Crippen LogP contribution in [0.5, 0.6) is 0 Å². The Labute approximate surface area is 213 Å². The molecule has 8 nitrogen and oxygen atoms in total. The molecule has 0 radical (unpaired) electrons. The lowest BCUT2D eigenvalue weighted by molar-refractivity contribution is -0.117. The minimum atomic E-state index is -2.71. The lowest BCUT2D eigenvalue weighted by atomic mass is 10.0. The van der Waals surface area contributed by atoms with Crippen LogP contribution in [0.15, 0.2) is 40.9 Å². The first kappa shape index (κ1) is 24.1. The van der Waals surface area contributed by atoms with Crippen LogP contribution in [0.1, 0.15) is 48.6 Å². The van der Waals surface area contributed by atoms with Crippen molar-refractivity contribution >= 4 is 33.2 Å². The van der Waals surface area contributed by atoms with Crippen molar-refractivity contribution in [1.29, 1.82) is 0 Å². The molecule has 194 valence electrons. The van der Waals surface area contributed by atoms with Crippen molar-refractivity contribution < 1.29 is 27.2 Å². The Kier molecular flexibility index (Phi) is 5.62. The number of carbonyl (C=O) groups is 1. The van der Waals surface area contributed by atoms with Crippen molar-refractivity contribution in [3.05, 3.63) is 65.3 Å². The predicted molar refractivity (Wildman–Crippen MR) is 137 cm³/mol. The molecule has 2 unspecified atom stereocenters. The number of fused-ring (bicyclic) bond motifs is 1. The summed E-state index contributed by atoms with van der Waals surface area (Å²) >= 11 is 0. The minimum absolute atomic E-state index is 0.197. The van der Waals surface area contributed by atoms with E-state index in [0.29, 0.717) is 35.7 Å². The molecule has 0 spiro atoms. The highest BCUT2D eigenvalue weighted by molar-refractivity contribution is 8.24. The molecule has 0 bridgehead atoms. The van der Waals surface area contributed by atoms with Crippen molar-refractivity contribution in [2.24, 2.45) is 0 Å². The number of halogens is 2. The molecular formula is C26H26F2N4O4S. The number of rotatable bonds is 4. The highest BCUT2D eigenvalue weighted by atomic mass is 32.3. The first-order chi connectivity index (χ1) is 17.6. The third-order valence-electron chi connectivity index (χ3n) is 7.33. The van der Waals surface area contributed by atoms with Gasteiger partial charge in [-0.05, 0) is 56.5 Å². The fraction of sp³-hybridized carbons (Fsp3) is 0.346. The maximum Gasteiger partial charge on any atom is 0.227 e. The van der Waals surface area contributed by atoms with Gasteiger partial charge in [-0.25, -0.2) is 13.8 Å². The largest absolute Gasteiger partial charge is 0.361 e. The van der Waals surface area contributed by atoms with E-state index >= 15 is 0 Å². The minimum Gasteiger partial charge on any atom is -0.361 e. The van der Waals surface area contributed by atoms with Gasteiger partial charge < -0.3 is 14.0 Å². The Morgan fingerprint density at radius 2 is 1.89 bits per heavy atom. The first-order valence-electron chi connectivity index (χ1n) is 12.1. The zero-order valence-corrected chi connectivity index (χ0v) is 21.1. The number of hydrogen-bond acceptors (Lipinski definition) is 6. The molecule has 2 aromatic heterocycles. The van der Waals surface area contributed by atoms with E-state index in [4.69, 9.17) is 9.51 Å². The molecule has 0 saturated carbocycles. The molecule has 4 aromatic rings. The van der Waals surface area contributed by atoms with Gasteiger partial charge in [0, 0.05) is 29.5 Å². The van der Waals surface area contributed by atoms with E-state index in [1.165, 1.54) is 11.0 Å². The lowest BCUT2D eigenvalue weighted by Crippen LogP contribution is -2.30. The van der Waals surface area contributed by atoms with E-state index in [2.05, 4.69) is 5.16 Å². The summed E-state index contributed by atoms with van der Waals surface area (Å²) in [6.45, 7) is 3.71. The highest BCUT2D eigenvalue weighted by Gasteiger charge is 2.40. The van der Waals surface area contributed by atoms with E-state index in [1.807, 2.05) is 36.6 Å². The first-order valence-corrected chi connectivity index (χ1v) is 14.0. The summed E-state index contributed by atoms with van der Waals surface area (Å²) in [5.74, 6) is -0.453. The van der Waals surface area contributed by atoms with Crippen LogP contribution in [0.25, 0.3) is 22.2 Å². The average molecular weight is 529 g/mol. The Morgan fingerprint density at radius 1 is 1.08 bits per heavy atom. The molecule has 2 fully saturated rings. The Hall–Kier alpha value is -3.28. The van der Waals surface area contributed by atoms with E-state index in [1.54, 1.807) is 0 Å². The van der Waals surface area contributed by atoms with Crippen LogP contribution in [0.2, 0.25) is 0 Å². The fourth-order valence-corrected chi connectivity index (χ4v) is 7.43. The third kappa shape index (κ3) is 4.01. The molecule has 2 saturated heterocycles. The van der Waals surface area contributed by atoms with Crippen LogP contribution in [0, 0.1) is 25.5 Å². The molecule has 4 heterocycles. The number of imidazole rings is 1. The van der Waals surface area contributed by atoms with Gasteiger partial charge in [0.15, 0.2) is 11.6 Å². The summed E-state index contributed by atoms with van der Waals surface area (Å²) in [6.07, 6.45) is 1.23. The monoisotopic (exact) mass is 528 g/mol. The summed E-state index contributed by atoms with van der Waals surface area (Å²) in [7, 11) is -2.71. The number of nitrogens with zero attached hydrogens (tertiary/aromatic N) is 4. The summed E-state index contributed by atoms with van der Waals surface area (Å²) in [6, 6.07) is 8.52. The van der Waals surface area contributed by atoms with Gasteiger partial charge in [-0.2, -0.15) is 10.6 Å². The van der Waals surface area contributed by atoms with Crippen LogP contribution >= 0.6 is 10.6 Å². The van der Waals surface area contributed by atoms with Crippen molar-refractivity contribution in [3.63, 3.8) is 0 Å². The van der Waals surface area contributed by atoms with Crippen molar-refractivity contribution in [3.8, 4) is 11.1 Å². The van der Waals surface area contributed by atoms with E-state index in [0.717, 1.165) is 34.5 Å². The fourth-order valence-electron chi connectivity index (χ4n) is 5.68. The number of amides is 1. The molecule has 2 atom stereocenters. The Morgan fingerprint density at radius 3 is 2.57 bits per heavy atom. The van der Waals surface area contributed by atoms with Gasteiger partial charge in [-0.15, -0.1) is 0 Å². The van der Waals surface area contributed by atoms with Crippen LogP contribution in [-0.2, 0) is 4.79 Å². The van der Waals surface area contributed by atoms with Gasteiger partial charge in [-0.1, -0.05) is 11.2 Å². The molecular weight excluding hydrogens is 502 g/mol. The van der Waals surface area contributed by atoms with Gasteiger partial charge in [0.05, 0.1) is 34.6 Å². The van der Waals surface area contributed by atoms with Crippen LogP contribution in [0.3, 0.4) is 0 Å². The average Bonchev–Trinajstić information content (AvgIpc) is 3.59. The summed E-state index contributed by atoms with van der Waals surface area (Å²) in [4.78, 5) is 19.4. The lowest BCUT2D eigenvalue weighted by Gasteiger charge is -2.29. The number of anilines is 1. The highest BCUT2D eigenvalue weighted by Crippen LogP contribution is 2.52. The van der Waals surface area contributed by atoms with Gasteiger partial charge in [-0.3, -0.25) is 13.9 Å². The normalized spacial score (nSPS) is 22.3. The van der Waals surface area contributed by atoms with Crippen LogP contribution in [-0.4, -0.2) is 41.2 Å². The molecule has 11 heteroatoms. The van der Waals surface area contributed by atoms with E-state index in [9.17, 15) is 22.7 Å². The van der Waals surface area contributed by atoms with Crippen molar-refractivity contribution in [2.45, 2.75) is 45.2 Å². The van der Waals surface area contributed by atoms with Gasteiger partial charge in [0.1, 0.15) is 11.6 Å². The number of aromatic nitrogens is 3. The molecule has 1 amide bonds. The number of carbonyl (C=O) groups excluding carboxylic acids is 1. The van der Waals surface area contributed by atoms with E-state index < -0.39 is 28.3 Å². The van der Waals surface area contributed by atoms with Gasteiger partial charge >= 0.3 is 0 Å². The quantitative estimate of drug-likeness (QED) is 0.329. The SMILES string of the molecule is Cc1noc(C)c1-c1ccc2c(c1)nc(C1CCC(=O)N1c1ccc(F)c(F)c1)n2C1CCS(O)(O)C1. The van der Waals surface area contributed by atoms with Crippen LogP contribution < -0.4 is 4.90 Å². The van der Waals surface area contributed by atoms with Gasteiger partial charge in [0.25, 0.3) is 0 Å². The number of benzene rings is 2. The molecule has 6 rings (SSSR count). The Balaban J connectivity index is 1.52. The van der Waals surface area contributed by atoms with Gasteiger partial charge in [0.2, 0.25) is 5.91 Å². The molecule has 2 N–H and O–H groups in total. The second-order valence-corrected chi connectivity index (χ2v) is 12.1. The van der Waals surface area contributed by atoms with Crippen LogP contribution in [0.4, 0.5) is 14.5 Å². The number of hydrogen-bond donors (Lipinski definition) is 2. The van der Waals surface area contributed by atoms with Crippen molar-refractivity contribution in [1.82, 2.24) is 14.7 Å². The van der Waals surface area contributed by atoms with E-state index in [-0.39, 0.29) is 29.8 Å². The second kappa shape index (κ2) is 8.64. The number of aryl methyl sites for hydroxylation is 2.